The molecule has 2 fully saturated rings. The number of aromatic nitrogens is 5. The molecule has 0 spiro atoms. The smallest absolute Gasteiger partial charge is 0.147 e. The van der Waals surface area contributed by atoms with Gasteiger partial charge in [-0.25, -0.2) is 0 Å². The van der Waals surface area contributed by atoms with Crippen molar-refractivity contribution in [1.29, 1.82) is 0 Å². The quantitative estimate of drug-likeness (QED) is 0.772. The van der Waals surface area contributed by atoms with Crippen molar-refractivity contribution in [3.05, 3.63) is 29.6 Å². The van der Waals surface area contributed by atoms with E-state index in [1.54, 1.807) is 7.11 Å². The topological polar surface area (TPSA) is 97.9 Å². The summed E-state index contributed by atoms with van der Waals surface area (Å²) < 4.78 is 7.56. The molecule has 8 nitrogen and oxygen atoms in total. The molecule has 2 aromatic rings. The van der Waals surface area contributed by atoms with E-state index < -0.39 is 0 Å². The molecular formula is C18H29N7O. The highest BCUT2D eigenvalue weighted by Gasteiger charge is 2.32. The van der Waals surface area contributed by atoms with E-state index >= 15 is 0 Å². The number of H-pyrrole nitrogens is 1. The Morgan fingerprint density at radius 3 is 2.69 bits per heavy atom. The van der Waals surface area contributed by atoms with Crippen LogP contribution in [0, 0.1) is 0 Å². The minimum atomic E-state index is 0.317. The Morgan fingerprint density at radius 2 is 2.04 bits per heavy atom. The van der Waals surface area contributed by atoms with Gasteiger partial charge >= 0.3 is 0 Å². The molecule has 1 aliphatic heterocycles. The number of hydrogen-bond acceptors (Lipinski definition) is 6. The predicted octanol–water partition coefficient (Wildman–Crippen LogP) is 1.23. The van der Waals surface area contributed by atoms with Crippen molar-refractivity contribution in [1.82, 2.24) is 29.9 Å². The van der Waals surface area contributed by atoms with E-state index in [4.69, 9.17) is 10.5 Å². The summed E-state index contributed by atoms with van der Waals surface area (Å²) in [7, 11) is 1.74. The van der Waals surface area contributed by atoms with Crippen LogP contribution >= 0.6 is 0 Å². The molecule has 1 saturated carbocycles. The van der Waals surface area contributed by atoms with Crippen molar-refractivity contribution in [3.63, 3.8) is 0 Å². The van der Waals surface area contributed by atoms with Crippen molar-refractivity contribution < 1.29 is 4.74 Å². The number of piperidine rings is 1. The summed E-state index contributed by atoms with van der Waals surface area (Å²) in [6.45, 7) is 4.49. The number of nitrogens with two attached hydrogens (primary N) is 1. The van der Waals surface area contributed by atoms with Gasteiger partial charge in [-0.1, -0.05) is 0 Å². The second-order valence-electron chi connectivity index (χ2n) is 7.61. The highest BCUT2D eigenvalue weighted by atomic mass is 16.5. The lowest BCUT2D eigenvalue weighted by molar-refractivity contribution is 0.174. The van der Waals surface area contributed by atoms with Crippen molar-refractivity contribution in [2.45, 2.75) is 56.7 Å². The molecule has 3 heterocycles. The number of nitrogens with one attached hydrogen (secondary N) is 1. The first kappa shape index (κ1) is 17.6. The van der Waals surface area contributed by atoms with Crippen LogP contribution in [0.1, 0.15) is 54.9 Å². The molecule has 3 N–H and O–H groups in total. The number of likely N-dealkylation sites (tertiary alicyclic amines) is 1. The van der Waals surface area contributed by atoms with Crippen LogP contribution in [-0.4, -0.2) is 62.7 Å². The molecule has 8 heteroatoms. The van der Waals surface area contributed by atoms with Crippen molar-refractivity contribution >= 4 is 0 Å². The van der Waals surface area contributed by atoms with Crippen LogP contribution < -0.4 is 5.73 Å². The molecule has 0 radical (unpaired) electrons. The van der Waals surface area contributed by atoms with Gasteiger partial charge in [0.1, 0.15) is 11.6 Å². The van der Waals surface area contributed by atoms with Gasteiger partial charge in [0, 0.05) is 43.4 Å². The third kappa shape index (κ3) is 3.67. The fourth-order valence-electron chi connectivity index (χ4n) is 4.16. The maximum absolute atomic E-state index is 5.97. The van der Waals surface area contributed by atoms with E-state index in [0.29, 0.717) is 24.5 Å². The lowest BCUT2D eigenvalue weighted by Crippen LogP contribution is -2.37. The minimum absolute atomic E-state index is 0.317. The van der Waals surface area contributed by atoms with E-state index in [0.717, 1.165) is 63.5 Å². The highest BCUT2D eigenvalue weighted by Crippen LogP contribution is 2.35. The number of nitrogens with zero attached hydrogens (tertiary/aromatic N) is 5. The van der Waals surface area contributed by atoms with Crippen LogP contribution in [0.2, 0.25) is 0 Å². The third-order valence-corrected chi connectivity index (χ3v) is 5.83. The van der Waals surface area contributed by atoms with Crippen molar-refractivity contribution in [3.8, 4) is 0 Å². The fourth-order valence-corrected chi connectivity index (χ4v) is 4.16. The van der Waals surface area contributed by atoms with E-state index in [1.807, 2.05) is 6.20 Å². The van der Waals surface area contributed by atoms with Crippen LogP contribution in [0.15, 0.2) is 12.3 Å². The van der Waals surface area contributed by atoms with E-state index in [-0.39, 0.29) is 0 Å². The van der Waals surface area contributed by atoms with Crippen LogP contribution in [0.25, 0.3) is 0 Å². The second-order valence-corrected chi connectivity index (χ2v) is 7.61. The Kier molecular flexibility index (Phi) is 5.33. The Morgan fingerprint density at radius 1 is 1.23 bits per heavy atom. The Labute approximate surface area is 154 Å². The molecule has 4 rings (SSSR count). The molecule has 2 aliphatic rings. The zero-order valence-corrected chi connectivity index (χ0v) is 15.5. The molecule has 26 heavy (non-hydrogen) atoms. The van der Waals surface area contributed by atoms with Gasteiger partial charge in [-0.3, -0.25) is 10.00 Å². The fraction of sp³-hybridized carbons (Fsp3) is 0.722. The Balaban J connectivity index is 1.39. The number of ether oxygens (including phenoxy) is 1. The zero-order chi connectivity index (χ0) is 17.9. The average Bonchev–Trinajstić information content (AvgIpc) is 3.28. The number of hydrogen-bond donors (Lipinski definition) is 2. The van der Waals surface area contributed by atoms with Gasteiger partial charge in [0.2, 0.25) is 0 Å². The molecule has 0 unspecified atom stereocenters. The standard InChI is InChI=1S/C18H29N7O/c1-26-9-8-25-17(22-23-18(25)14-10-15(19)11-14)12-24-6-3-13(4-7-24)16-2-5-20-21-16/h2,5,13-15H,3-4,6-12,19H2,1H3,(H,20,21). The Hall–Kier alpha value is -1.77. The van der Waals surface area contributed by atoms with Crippen molar-refractivity contribution in [2.24, 2.45) is 5.73 Å². The van der Waals surface area contributed by atoms with Gasteiger partial charge in [-0.2, -0.15) is 5.10 Å². The zero-order valence-electron chi connectivity index (χ0n) is 15.5. The first-order valence-corrected chi connectivity index (χ1v) is 9.62. The van der Waals surface area contributed by atoms with E-state index in [9.17, 15) is 0 Å². The van der Waals surface area contributed by atoms with E-state index in [2.05, 4.69) is 35.9 Å². The lowest BCUT2D eigenvalue weighted by atomic mass is 9.80. The summed E-state index contributed by atoms with van der Waals surface area (Å²) in [6.07, 6.45) is 6.17. The third-order valence-electron chi connectivity index (χ3n) is 5.83. The molecule has 0 atom stereocenters. The minimum Gasteiger partial charge on any atom is -0.383 e. The largest absolute Gasteiger partial charge is 0.383 e. The molecule has 2 aromatic heterocycles. The summed E-state index contributed by atoms with van der Waals surface area (Å²) >= 11 is 0. The van der Waals surface area contributed by atoms with Crippen LogP contribution in [0.4, 0.5) is 0 Å². The van der Waals surface area contributed by atoms with Gasteiger partial charge in [0.05, 0.1) is 13.2 Å². The molecule has 142 valence electrons. The molecule has 1 aliphatic carbocycles. The van der Waals surface area contributed by atoms with Gasteiger partial charge in [0.15, 0.2) is 0 Å². The summed E-state index contributed by atoms with van der Waals surface area (Å²) in [5, 5.41) is 16.2. The maximum Gasteiger partial charge on any atom is 0.147 e. The van der Waals surface area contributed by atoms with Gasteiger partial charge in [0.25, 0.3) is 0 Å². The first-order chi connectivity index (χ1) is 12.7. The van der Waals surface area contributed by atoms with Crippen LogP contribution in [-0.2, 0) is 17.8 Å². The molecule has 0 amide bonds. The number of methoxy groups -OCH3 is 1. The van der Waals surface area contributed by atoms with Crippen LogP contribution in [0.3, 0.4) is 0 Å². The lowest BCUT2D eigenvalue weighted by Gasteiger charge is -2.33. The molecule has 0 bridgehead atoms. The summed E-state index contributed by atoms with van der Waals surface area (Å²) in [4.78, 5) is 2.48. The normalized spacial score (nSPS) is 24.7. The maximum atomic E-state index is 5.97. The highest BCUT2D eigenvalue weighted by molar-refractivity contribution is 5.10. The Bertz CT molecular complexity index is 684. The summed E-state index contributed by atoms with van der Waals surface area (Å²) in [5.41, 5.74) is 7.23. The van der Waals surface area contributed by atoms with Gasteiger partial charge in [-0.05, 0) is 44.8 Å². The van der Waals surface area contributed by atoms with E-state index in [1.165, 1.54) is 5.69 Å². The number of aromatic amines is 1. The van der Waals surface area contributed by atoms with Gasteiger partial charge < -0.3 is 15.0 Å². The van der Waals surface area contributed by atoms with Crippen molar-refractivity contribution in [2.75, 3.05) is 26.8 Å². The summed E-state index contributed by atoms with van der Waals surface area (Å²) in [5.74, 6) is 3.19. The van der Waals surface area contributed by atoms with Crippen LogP contribution in [0.5, 0.6) is 0 Å². The number of rotatable bonds is 7. The first-order valence-electron chi connectivity index (χ1n) is 9.62. The average molecular weight is 359 g/mol. The molecule has 1 saturated heterocycles. The SMILES string of the molecule is COCCn1c(CN2CCC(c3ccn[nH]3)CC2)nnc1C1CC(N)C1. The summed E-state index contributed by atoms with van der Waals surface area (Å²) in [6, 6.07) is 2.41. The molecule has 0 aromatic carbocycles. The van der Waals surface area contributed by atoms with Gasteiger partial charge in [-0.15, -0.1) is 10.2 Å². The molecular weight excluding hydrogens is 330 g/mol. The predicted molar refractivity (Wildman–Crippen MR) is 97.7 cm³/mol. The second kappa shape index (κ2) is 7.85. The monoisotopic (exact) mass is 359 g/mol.